The number of nitrogens with one attached hydrogen (secondary N) is 1. The Morgan fingerprint density at radius 1 is 1.69 bits per heavy atom. The second-order valence-corrected chi connectivity index (χ2v) is 3.86. The Kier molecular flexibility index (Phi) is 2.12. The van der Waals surface area contributed by atoms with Crippen molar-refractivity contribution in [1.82, 2.24) is 10.2 Å². The van der Waals surface area contributed by atoms with Gasteiger partial charge in [0.2, 0.25) is 0 Å². The summed E-state index contributed by atoms with van der Waals surface area (Å²) < 4.78 is 0. The fourth-order valence-corrected chi connectivity index (χ4v) is 1.95. The highest BCUT2D eigenvalue weighted by Gasteiger charge is 2.18. The minimum atomic E-state index is 0.689. The summed E-state index contributed by atoms with van der Waals surface area (Å²) >= 11 is 0. The van der Waals surface area contributed by atoms with Crippen LogP contribution in [0.25, 0.3) is 0 Å². The molecule has 1 saturated heterocycles. The second kappa shape index (κ2) is 3.28. The number of nitrogens with two attached hydrogens (primary N) is 1. The third-order valence-electron chi connectivity index (χ3n) is 2.65. The maximum absolute atomic E-state index is 5.76. The van der Waals surface area contributed by atoms with Gasteiger partial charge < -0.3 is 10.6 Å². The first kappa shape index (κ1) is 8.41. The first-order chi connectivity index (χ1) is 6.27. The molecule has 0 amide bonds. The lowest BCUT2D eigenvalue weighted by Crippen LogP contribution is -2.34. The molecule has 0 saturated carbocycles. The molecule has 2 heterocycles. The standard InChI is InChI=1S/C9H16N4/c1-7-3-2-4-13(6-7)8-5-11-12-9(8)10/h5,7H,2-4,6H2,1H3,(H3,10,11,12). The van der Waals surface area contributed by atoms with Crippen molar-refractivity contribution in [2.45, 2.75) is 19.8 Å². The number of nitrogens with zero attached hydrogens (tertiary/aromatic N) is 2. The van der Waals surface area contributed by atoms with Gasteiger partial charge in [-0.2, -0.15) is 5.10 Å². The van der Waals surface area contributed by atoms with Crippen LogP contribution >= 0.6 is 0 Å². The molecule has 1 aliphatic heterocycles. The summed E-state index contributed by atoms with van der Waals surface area (Å²) in [6, 6.07) is 0. The molecule has 1 aromatic heterocycles. The molecular weight excluding hydrogens is 164 g/mol. The third-order valence-corrected chi connectivity index (χ3v) is 2.65. The number of aromatic amines is 1. The fourth-order valence-electron chi connectivity index (χ4n) is 1.95. The highest BCUT2D eigenvalue weighted by atomic mass is 15.2. The molecule has 72 valence electrons. The Hall–Kier alpha value is -1.19. The molecule has 1 atom stereocenters. The zero-order chi connectivity index (χ0) is 9.26. The highest BCUT2D eigenvalue weighted by molar-refractivity contribution is 5.62. The van der Waals surface area contributed by atoms with E-state index in [0.29, 0.717) is 5.82 Å². The smallest absolute Gasteiger partial charge is 0.142 e. The maximum atomic E-state index is 5.76. The van der Waals surface area contributed by atoms with E-state index in [9.17, 15) is 0 Å². The summed E-state index contributed by atoms with van der Waals surface area (Å²) in [7, 11) is 0. The molecular formula is C9H16N4. The molecule has 13 heavy (non-hydrogen) atoms. The number of H-pyrrole nitrogens is 1. The van der Waals surface area contributed by atoms with Crippen LogP contribution in [0.15, 0.2) is 6.20 Å². The fraction of sp³-hybridized carbons (Fsp3) is 0.667. The Morgan fingerprint density at radius 2 is 2.54 bits per heavy atom. The van der Waals surface area contributed by atoms with Crippen LogP contribution in [0.3, 0.4) is 0 Å². The minimum Gasteiger partial charge on any atom is -0.382 e. The monoisotopic (exact) mass is 180 g/mol. The minimum absolute atomic E-state index is 0.689. The van der Waals surface area contributed by atoms with Gasteiger partial charge in [0.05, 0.1) is 11.9 Å². The first-order valence-corrected chi connectivity index (χ1v) is 4.81. The van der Waals surface area contributed by atoms with Crippen LogP contribution in [-0.4, -0.2) is 23.3 Å². The second-order valence-electron chi connectivity index (χ2n) is 3.86. The number of hydrogen-bond acceptors (Lipinski definition) is 3. The third kappa shape index (κ3) is 1.61. The van der Waals surface area contributed by atoms with Crippen LogP contribution in [-0.2, 0) is 0 Å². The van der Waals surface area contributed by atoms with Crippen LogP contribution in [0.2, 0.25) is 0 Å². The Morgan fingerprint density at radius 3 is 3.15 bits per heavy atom. The van der Waals surface area contributed by atoms with Gasteiger partial charge in [-0.15, -0.1) is 0 Å². The van der Waals surface area contributed by atoms with Crippen molar-refractivity contribution >= 4 is 11.5 Å². The molecule has 1 aliphatic rings. The molecule has 0 aliphatic carbocycles. The molecule has 1 aromatic rings. The van der Waals surface area contributed by atoms with Crippen molar-refractivity contribution in [2.24, 2.45) is 5.92 Å². The summed E-state index contributed by atoms with van der Waals surface area (Å²) in [4.78, 5) is 2.31. The predicted molar refractivity (Wildman–Crippen MR) is 53.6 cm³/mol. The van der Waals surface area contributed by atoms with Gasteiger partial charge in [-0.05, 0) is 18.8 Å². The van der Waals surface area contributed by atoms with Crippen LogP contribution in [0.5, 0.6) is 0 Å². The van der Waals surface area contributed by atoms with Crippen molar-refractivity contribution < 1.29 is 0 Å². The van der Waals surface area contributed by atoms with Crippen molar-refractivity contribution in [3.63, 3.8) is 0 Å². The Labute approximate surface area is 78.1 Å². The van der Waals surface area contributed by atoms with Gasteiger partial charge in [0, 0.05) is 13.1 Å². The van der Waals surface area contributed by atoms with Gasteiger partial charge in [-0.1, -0.05) is 6.92 Å². The van der Waals surface area contributed by atoms with E-state index in [2.05, 4.69) is 22.0 Å². The molecule has 1 unspecified atom stereocenters. The highest BCUT2D eigenvalue weighted by Crippen LogP contribution is 2.25. The molecule has 1 fully saturated rings. The van der Waals surface area contributed by atoms with E-state index in [1.807, 2.05) is 6.20 Å². The largest absolute Gasteiger partial charge is 0.382 e. The maximum Gasteiger partial charge on any atom is 0.142 e. The molecule has 4 nitrogen and oxygen atoms in total. The van der Waals surface area contributed by atoms with E-state index in [-0.39, 0.29) is 0 Å². The molecule has 0 radical (unpaired) electrons. The molecule has 4 heteroatoms. The van der Waals surface area contributed by atoms with Gasteiger partial charge in [-0.25, -0.2) is 0 Å². The molecule has 0 aromatic carbocycles. The summed E-state index contributed by atoms with van der Waals surface area (Å²) in [5, 5.41) is 6.70. The van der Waals surface area contributed by atoms with E-state index in [1.165, 1.54) is 12.8 Å². The molecule has 0 spiro atoms. The number of rotatable bonds is 1. The van der Waals surface area contributed by atoms with E-state index < -0.39 is 0 Å². The van der Waals surface area contributed by atoms with E-state index in [4.69, 9.17) is 5.73 Å². The van der Waals surface area contributed by atoms with Gasteiger partial charge in [0.25, 0.3) is 0 Å². The van der Waals surface area contributed by atoms with Crippen molar-refractivity contribution in [2.75, 3.05) is 23.7 Å². The number of piperidine rings is 1. The summed E-state index contributed by atoms with van der Waals surface area (Å²) in [6.07, 6.45) is 4.40. The molecule has 3 N–H and O–H groups in total. The van der Waals surface area contributed by atoms with Crippen LogP contribution < -0.4 is 10.6 Å². The lowest BCUT2D eigenvalue weighted by atomic mass is 10.0. The van der Waals surface area contributed by atoms with Crippen LogP contribution in [0, 0.1) is 5.92 Å². The molecule has 2 rings (SSSR count). The summed E-state index contributed by atoms with van der Waals surface area (Å²) in [6.45, 7) is 4.49. The van der Waals surface area contributed by atoms with Crippen LogP contribution in [0.4, 0.5) is 11.5 Å². The Balaban J connectivity index is 2.12. The quantitative estimate of drug-likeness (QED) is 0.683. The van der Waals surface area contributed by atoms with Crippen molar-refractivity contribution in [3.05, 3.63) is 6.20 Å². The van der Waals surface area contributed by atoms with E-state index in [0.717, 1.165) is 24.7 Å². The van der Waals surface area contributed by atoms with Gasteiger partial charge in [0.1, 0.15) is 5.82 Å². The van der Waals surface area contributed by atoms with E-state index >= 15 is 0 Å². The first-order valence-electron chi connectivity index (χ1n) is 4.81. The topological polar surface area (TPSA) is 57.9 Å². The van der Waals surface area contributed by atoms with Gasteiger partial charge in [0.15, 0.2) is 0 Å². The van der Waals surface area contributed by atoms with Gasteiger partial charge >= 0.3 is 0 Å². The zero-order valence-corrected chi connectivity index (χ0v) is 7.95. The summed E-state index contributed by atoms with van der Waals surface area (Å²) in [5.41, 5.74) is 6.82. The molecule has 0 bridgehead atoms. The van der Waals surface area contributed by atoms with E-state index in [1.54, 1.807) is 0 Å². The number of aromatic nitrogens is 2. The number of anilines is 2. The van der Waals surface area contributed by atoms with Gasteiger partial charge in [-0.3, -0.25) is 5.10 Å². The summed E-state index contributed by atoms with van der Waals surface area (Å²) in [5.74, 6) is 1.46. The zero-order valence-electron chi connectivity index (χ0n) is 7.95. The normalized spacial score (nSPS) is 23.5. The number of nitrogen functional groups attached to an aromatic ring is 1. The van der Waals surface area contributed by atoms with Crippen LogP contribution in [0.1, 0.15) is 19.8 Å². The average molecular weight is 180 g/mol. The van der Waals surface area contributed by atoms with Crippen molar-refractivity contribution in [1.29, 1.82) is 0 Å². The predicted octanol–water partition coefficient (Wildman–Crippen LogP) is 1.23. The lowest BCUT2D eigenvalue weighted by Gasteiger charge is -2.31. The SMILES string of the molecule is CC1CCCN(c2cn[nH]c2N)C1. The Bertz CT molecular complexity index is 281. The van der Waals surface area contributed by atoms with Crippen molar-refractivity contribution in [3.8, 4) is 0 Å². The average Bonchev–Trinajstić information content (AvgIpc) is 2.51. The lowest BCUT2D eigenvalue weighted by molar-refractivity contribution is 0.447. The number of hydrogen-bond donors (Lipinski definition) is 2.